The number of aryl methyl sites for hydroxylation is 2. The Morgan fingerprint density at radius 1 is 1.17 bits per heavy atom. The molecule has 120 valence electrons. The molecule has 5 rings (SSSR count). The van der Waals surface area contributed by atoms with E-state index in [0.717, 1.165) is 31.0 Å². The fraction of sp³-hybridized carbons (Fsp3) is 0.467. The molecule has 0 aliphatic carbocycles. The van der Waals surface area contributed by atoms with Gasteiger partial charge in [0.1, 0.15) is 5.02 Å². The van der Waals surface area contributed by atoms with Gasteiger partial charge in [0.05, 0.1) is 24.0 Å². The van der Waals surface area contributed by atoms with Crippen molar-refractivity contribution in [1.82, 2.24) is 19.7 Å². The molecule has 3 aliphatic rings. The van der Waals surface area contributed by atoms with Crippen molar-refractivity contribution in [3.63, 3.8) is 0 Å². The van der Waals surface area contributed by atoms with Gasteiger partial charge in [-0.2, -0.15) is 5.10 Å². The molecule has 23 heavy (non-hydrogen) atoms. The second kappa shape index (κ2) is 5.19. The van der Waals surface area contributed by atoms with Crippen molar-refractivity contribution in [3.05, 3.63) is 39.5 Å². The maximum atomic E-state index is 12.0. The van der Waals surface area contributed by atoms with E-state index < -0.39 is 0 Å². The molecule has 3 saturated heterocycles. The van der Waals surface area contributed by atoms with Crippen molar-refractivity contribution in [3.8, 4) is 0 Å². The summed E-state index contributed by atoms with van der Waals surface area (Å²) in [7, 11) is 1.60. The second-order valence-corrected chi connectivity index (χ2v) is 6.57. The number of hydrogen-bond acceptors (Lipinski definition) is 6. The number of hydrogen-bond donors (Lipinski definition) is 0. The van der Waals surface area contributed by atoms with Gasteiger partial charge in [0.2, 0.25) is 5.95 Å². The van der Waals surface area contributed by atoms with Crippen LogP contribution in [-0.4, -0.2) is 44.9 Å². The topological polar surface area (TPSA) is 67.2 Å². The van der Waals surface area contributed by atoms with Crippen LogP contribution in [0.25, 0.3) is 0 Å². The minimum absolute atomic E-state index is 0.238. The zero-order valence-electron chi connectivity index (χ0n) is 13.0. The molecule has 2 bridgehead atoms. The van der Waals surface area contributed by atoms with E-state index in [4.69, 9.17) is 11.6 Å². The molecule has 0 amide bonds. The highest BCUT2D eigenvalue weighted by molar-refractivity contribution is 6.33. The Kier molecular flexibility index (Phi) is 3.26. The van der Waals surface area contributed by atoms with Gasteiger partial charge in [-0.3, -0.25) is 4.79 Å². The Balaban J connectivity index is 1.57. The number of fused-ring (bicyclic) bond motifs is 2. The lowest BCUT2D eigenvalue weighted by molar-refractivity contribution is 0.286. The average molecular weight is 333 g/mol. The lowest BCUT2D eigenvalue weighted by atomic mass is 9.87. The Morgan fingerprint density at radius 2 is 1.83 bits per heavy atom. The summed E-state index contributed by atoms with van der Waals surface area (Å²) >= 11 is 6.21. The van der Waals surface area contributed by atoms with E-state index in [9.17, 15) is 4.79 Å². The number of rotatable bonds is 2. The monoisotopic (exact) mass is 332 g/mol. The average Bonchev–Trinajstić information content (AvgIpc) is 2.55. The van der Waals surface area contributed by atoms with E-state index >= 15 is 0 Å². The van der Waals surface area contributed by atoms with Gasteiger partial charge in [-0.15, -0.1) is 0 Å². The number of piperazine rings is 1. The molecule has 3 aliphatic heterocycles. The Bertz CT molecular complexity index is 793. The Morgan fingerprint density at radius 3 is 2.48 bits per heavy atom. The third-order valence-electron chi connectivity index (χ3n) is 4.59. The summed E-state index contributed by atoms with van der Waals surface area (Å²) in [5, 5.41) is 4.32. The summed E-state index contributed by atoms with van der Waals surface area (Å²) in [5.41, 5.74) is 1.51. The summed E-state index contributed by atoms with van der Waals surface area (Å²) < 4.78 is 1.25. The first-order chi connectivity index (χ1) is 11.0. The van der Waals surface area contributed by atoms with Gasteiger partial charge in [-0.05, 0) is 18.9 Å². The van der Waals surface area contributed by atoms with Crippen molar-refractivity contribution in [2.45, 2.75) is 25.4 Å². The van der Waals surface area contributed by atoms with E-state index in [1.807, 2.05) is 19.3 Å². The molecule has 0 N–H and O–H groups in total. The number of halogens is 1. The van der Waals surface area contributed by atoms with Crippen LogP contribution in [0.4, 0.5) is 11.6 Å². The molecular weight excluding hydrogens is 316 g/mol. The maximum Gasteiger partial charge on any atom is 0.287 e. The molecule has 2 aromatic rings. The minimum atomic E-state index is -0.262. The van der Waals surface area contributed by atoms with Crippen molar-refractivity contribution in [1.29, 1.82) is 0 Å². The van der Waals surface area contributed by atoms with Crippen molar-refractivity contribution in [2.75, 3.05) is 22.9 Å². The largest absolute Gasteiger partial charge is 0.365 e. The predicted octanol–water partition coefficient (Wildman–Crippen LogP) is 1.000. The van der Waals surface area contributed by atoms with Gasteiger partial charge in [0.15, 0.2) is 0 Å². The van der Waals surface area contributed by atoms with Gasteiger partial charge in [-0.25, -0.2) is 14.6 Å². The number of piperidine rings is 1. The summed E-state index contributed by atoms with van der Waals surface area (Å²) in [6, 6.07) is 0.688. The quantitative estimate of drug-likeness (QED) is 0.817. The molecule has 0 saturated carbocycles. The van der Waals surface area contributed by atoms with E-state index in [1.54, 1.807) is 13.2 Å². The summed E-state index contributed by atoms with van der Waals surface area (Å²) in [4.78, 5) is 25.2. The molecule has 8 heteroatoms. The summed E-state index contributed by atoms with van der Waals surface area (Å²) in [6.45, 7) is 3.57. The van der Waals surface area contributed by atoms with E-state index in [-0.39, 0.29) is 10.6 Å². The van der Waals surface area contributed by atoms with Crippen LogP contribution in [0.5, 0.6) is 0 Å². The van der Waals surface area contributed by atoms with E-state index in [0.29, 0.717) is 17.8 Å². The van der Waals surface area contributed by atoms with Crippen LogP contribution in [0.3, 0.4) is 0 Å². The Labute approximate surface area is 138 Å². The molecule has 3 fully saturated rings. The van der Waals surface area contributed by atoms with E-state index in [1.165, 1.54) is 4.68 Å². The molecule has 2 aromatic heterocycles. The first-order valence-corrected chi connectivity index (χ1v) is 7.96. The van der Waals surface area contributed by atoms with Gasteiger partial charge in [0, 0.05) is 32.5 Å². The SMILES string of the molecule is Cc1cnc(N2C3CC2CN(c2cnn(C)c(=O)c2Cl)C3)nc1. The van der Waals surface area contributed by atoms with Crippen LogP contribution in [0.2, 0.25) is 5.02 Å². The van der Waals surface area contributed by atoms with Crippen LogP contribution in [0.15, 0.2) is 23.4 Å². The normalized spacial score (nSPS) is 22.9. The lowest BCUT2D eigenvalue weighted by Crippen LogP contribution is -2.69. The van der Waals surface area contributed by atoms with E-state index in [2.05, 4.69) is 24.9 Å². The minimum Gasteiger partial charge on any atom is -0.365 e. The molecule has 2 atom stereocenters. The van der Waals surface area contributed by atoms with Crippen LogP contribution in [0.1, 0.15) is 12.0 Å². The molecular formula is C15H17ClN6O. The molecule has 5 heterocycles. The molecule has 7 nitrogen and oxygen atoms in total. The number of aromatic nitrogens is 4. The molecule has 0 spiro atoms. The first-order valence-electron chi connectivity index (χ1n) is 7.58. The third kappa shape index (κ3) is 2.26. The molecule has 2 unspecified atom stereocenters. The second-order valence-electron chi connectivity index (χ2n) is 6.19. The fourth-order valence-electron chi connectivity index (χ4n) is 3.37. The van der Waals surface area contributed by atoms with Gasteiger partial charge < -0.3 is 9.80 Å². The highest BCUT2D eigenvalue weighted by atomic mass is 35.5. The highest BCUT2D eigenvalue weighted by Gasteiger charge is 2.46. The predicted molar refractivity (Wildman–Crippen MR) is 88.1 cm³/mol. The lowest BCUT2D eigenvalue weighted by Gasteiger charge is -2.56. The van der Waals surface area contributed by atoms with Crippen LogP contribution in [0, 0.1) is 6.92 Å². The zero-order chi connectivity index (χ0) is 16.1. The number of nitrogens with zero attached hydrogens (tertiary/aromatic N) is 6. The van der Waals surface area contributed by atoms with Crippen LogP contribution in [-0.2, 0) is 7.05 Å². The zero-order valence-corrected chi connectivity index (χ0v) is 13.7. The fourth-order valence-corrected chi connectivity index (χ4v) is 3.67. The van der Waals surface area contributed by atoms with Crippen LogP contribution >= 0.6 is 11.6 Å². The maximum absolute atomic E-state index is 12.0. The first kappa shape index (κ1) is 14.4. The highest BCUT2D eigenvalue weighted by Crippen LogP contribution is 2.37. The van der Waals surface area contributed by atoms with Crippen LogP contribution < -0.4 is 15.4 Å². The van der Waals surface area contributed by atoms with Crippen molar-refractivity contribution >= 4 is 23.2 Å². The van der Waals surface area contributed by atoms with Crippen molar-refractivity contribution in [2.24, 2.45) is 7.05 Å². The van der Waals surface area contributed by atoms with Gasteiger partial charge >= 0.3 is 0 Å². The summed E-state index contributed by atoms with van der Waals surface area (Å²) in [6.07, 6.45) is 6.47. The smallest absolute Gasteiger partial charge is 0.287 e. The Hall–Kier alpha value is -2.15. The van der Waals surface area contributed by atoms with Gasteiger partial charge in [-0.1, -0.05) is 11.6 Å². The number of anilines is 2. The summed E-state index contributed by atoms with van der Waals surface area (Å²) in [5.74, 6) is 0.782. The van der Waals surface area contributed by atoms with Gasteiger partial charge in [0.25, 0.3) is 5.56 Å². The van der Waals surface area contributed by atoms with Crippen molar-refractivity contribution < 1.29 is 0 Å². The molecule has 0 aromatic carbocycles. The standard InChI is InChI=1S/C15H17ClN6O/c1-9-4-17-15(18-5-9)22-10-3-11(22)8-21(7-10)12-6-19-20(2)14(23)13(12)16/h4-6,10-11H,3,7-8H2,1-2H3. The molecule has 0 radical (unpaired) electrons. The third-order valence-corrected chi connectivity index (χ3v) is 4.95.